The lowest BCUT2D eigenvalue weighted by Crippen LogP contribution is -2.45. The Kier molecular flexibility index (Phi) is 2.39. The smallest absolute Gasteiger partial charge is 0.309 e. The van der Waals surface area contributed by atoms with E-state index in [9.17, 15) is 13.2 Å². The van der Waals surface area contributed by atoms with Crippen molar-refractivity contribution in [2.75, 3.05) is 11.5 Å². The van der Waals surface area contributed by atoms with Gasteiger partial charge in [0.2, 0.25) is 0 Å². The lowest BCUT2D eigenvalue weighted by Gasteiger charge is -2.24. The lowest BCUT2D eigenvalue weighted by molar-refractivity contribution is -0.141. The summed E-state index contributed by atoms with van der Waals surface area (Å²) in [6.45, 7) is 0. The van der Waals surface area contributed by atoms with Crippen LogP contribution < -0.4 is 5.73 Å². The van der Waals surface area contributed by atoms with Crippen molar-refractivity contribution < 1.29 is 18.3 Å². The molecule has 1 rings (SSSR count). The maximum absolute atomic E-state index is 11.0. The van der Waals surface area contributed by atoms with Crippen LogP contribution in [-0.4, -0.2) is 37.0 Å². The summed E-state index contributed by atoms with van der Waals surface area (Å²) in [7, 11) is -3.17. The molecule has 5 nitrogen and oxygen atoms in total. The molecule has 1 aliphatic heterocycles. The number of nitrogens with two attached hydrogens (primary N) is 1. The number of sulfone groups is 1. The highest BCUT2D eigenvalue weighted by Gasteiger charge is 2.35. The number of carboxylic acid groups (broad SMARTS) is 1. The minimum absolute atomic E-state index is 0.0119. The molecule has 2 unspecified atom stereocenters. The SMILES string of the molecule is NC1CCS(=O)(=O)CC1C(=O)O. The van der Waals surface area contributed by atoms with Crippen molar-refractivity contribution in [3.63, 3.8) is 0 Å². The second kappa shape index (κ2) is 3.02. The fourth-order valence-electron chi connectivity index (χ4n) is 1.25. The summed E-state index contributed by atoms with van der Waals surface area (Å²) >= 11 is 0. The van der Waals surface area contributed by atoms with E-state index in [-0.39, 0.29) is 17.9 Å². The average Bonchev–Trinajstić information content (AvgIpc) is 1.94. The fraction of sp³-hybridized carbons (Fsp3) is 0.833. The minimum atomic E-state index is -3.17. The van der Waals surface area contributed by atoms with E-state index in [0.717, 1.165) is 0 Å². The standard InChI is InChI=1S/C6H11NO4S/c7-5-1-2-12(10,11)3-4(5)6(8)9/h4-5H,1-3,7H2,(H,8,9). The van der Waals surface area contributed by atoms with Gasteiger partial charge in [0.1, 0.15) is 0 Å². The molecule has 1 aliphatic rings. The molecule has 0 aromatic carbocycles. The van der Waals surface area contributed by atoms with Crippen LogP contribution >= 0.6 is 0 Å². The molecular weight excluding hydrogens is 182 g/mol. The molecule has 1 saturated heterocycles. The van der Waals surface area contributed by atoms with E-state index in [2.05, 4.69) is 0 Å². The van der Waals surface area contributed by atoms with Gasteiger partial charge < -0.3 is 10.8 Å². The summed E-state index contributed by atoms with van der Waals surface area (Å²) in [5, 5.41) is 8.60. The van der Waals surface area contributed by atoms with Crippen molar-refractivity contribution in [3.8, 4) is 0 Å². The van der Waals surface area contributed by atoms with Crippen molar-refractivity contribution in [2.24, 2.45) is 11.7 Å². The van der Waals surface area contributed by atoms with Crippen molar-refractivity contribution in [1.82, 2.24) is 0 Å². The van der Waals surface area contributed by atoms with Crippen LogP contribution in [0.15, 0.2) is 0 Å². The van der Waals surface area contributed by atoms with Crippen LogP contribution in [0.25, 0.3) is 0 Å². The Labute approximate surface area is 70.5 Å². The van der Waals surface area contributed by atoms with Gasteiger partial charge in [0, 0.05) is 6.04 Å². The van der Waals surface area contributed by atoms with E-state index in [0.29, 0.717) is 0 Å². The van der Waals surface area contributed by atoms with Gasteiger partial charge >= 0.3 is 5.97 Å². The van der Waals surface area contributed by atoms with E-state index >= 15 is 0 Å². The Morgan fingerprint density at radius 1 is 1.50 bits per heavy atom. The third kappa shape index (κ3) is 1.95. The molecule has 70 valence electrons. The van der Waals surface area contributed by atoms with Crippen molar-refractivity contribution >= 4 is 15.8 Å². The van der Waals surface area contributed by atoms with Gasteiger partial charge in [0.15, 0.2) is 9.84 Å². The molecule has 1 heterocycles. The molecular formula is C6H11NO4S. The summed E-state index contributed by atoms with van der Waals surface area (Å²) in [6.07, 6.45) is 0.249. The first-order valence-electron chi connectivity index (χ1n) is 3.61. The molecule has 0 amide bonds. The minimum Gasteiger partial charge on any atom is -0.481 e. The van der Waals surface area contributed by atoms with E-state index in [4.69, 9.17) is 10.8 Å². The largest absolute Gasteiger partial charge is 0.481 e. The number of rotatable bonds is 1. The number of hydrogen-bond acceptors (Lipinski definition) is 4. The Hall–Kier alpha value is -0.620. The van der Waals surface area contributed by atoms with Crippen LogP contribution in [0.3, 0.4) is 0 Å². The van der Waals surface area contributed by atoms with E-state index < -0.39 is 27.8 Å². The normalized spacial score (nSPS) is 34.4. The zero-order valence-corrected chi connectivity index (χ0v) is 7.25. The highest BCUT2D eigenvalue weighted by atomic mass is 32.2. The lowest BCUT2D eigenvalue weighted by atomic mass is 10.0. The summed E-state index contributed by atoms with van der Waals surface area (Å²) in [6, 6.07) is -0.522. The number of carboxylic acids is 1. The molecule has 0 radical (unpaired) electrons. The van der Waals surface area contributed by atoms with E-state index in [1.54, 1.807) is 0 Å². The van der Waals surface area contributed by atoms with Gasteiger partial charge in [-0.1, -0.05) is 0 Å². The van der Waals surface area contributed by atoms with Gasteiger partial charge in [-0.15, -0.1) is 0 Å². The summed E-state index contributed by atoms with van der Waals surface area (Å²) in [5.74, 6) is -2.35. The predicted molar refractivity (Wildman–Crippen MR) is 42.4 cm³/mol. The van der Waals surface area contributed by atoms with Crippen LogP contribution in [-0.2, 0) is 14.6 Å². The van der Waals surface area contributed by atoms with Gasteiger partial charge in [0.25, 0.3) is 0 Å². The van der Waals surface area contributed by atoms with Crippen LogP contribution in [0.4, 0.5) is 0 Å². The monoisotopic (exact) mass is 193 g/mol. The van der Waals surface area contributed by atoms with Gasteiger partial charge in [-0.25, -0.2) is 8.42 Å². The first kappa shape index (κ1) is 9.47. The molecule has 2 atom stereocenters. The third-order valence-corrected chi connectivity index (χ3v) is 3.75. The molecule has 6 heteroatoms. The Morgan fingerprint density at radius 3 is 2.50 bits per heavy atom. The van der Waals surface area contributed by atoms with Gasteiger partial charge in [-0.05, 0) is 6.42 Å². The molecule has 0 spiro atoms. The average molecular weight is 193 g/mol. The van der Waals surface area contributed by atoms with Crippen molar-refractivity contribution in [2.45, 2.75) is 12.5 Å². The van der Waals surface area contributed by atoms with E-state index in [1.165, 1.54) is 0 Å². The van der Waals surface area contributed by atoms with Gasteiger partial charge in [-0.2, -0.15) is 0 Å². The molecule has 0 aromatic heterocycles. The summed E-state index contributed by atoms with van der Waals surface area (Å²) < 4.78 is 22.0. The highest BCUT2D eigenvalue weighted by molar-refractivity contribution is 7.91. The molecule has 12 heavy (non-hydrogen) atoms. The molecule has 3 N–H and O–H groups in total. The number of aliphatic carboxylic acids is 1. The second-order valence-corrected chi connectivity index (χ2v) is 5.24. The molecule has 0 bridgehead atoms. The van der Waals surface area contributed by atoms with Crippen LogP contribution in [0.2, 0.25) is 0 Å². The number of hydrogen-bond donors (Lipinski definition) is 2. The van der Waals surface area contributed by atoms with Gasteiger partial charge in [0.05, 0.1) is 17.4 Å². The van der Waals surface area contributed by atoms with Crippen LogP contribution in [0.5, 0.6) is 0 Å². The Bertz CT molecular complexity index is 284. The molecule has 0 aromatic rings. The summed E-state index contributed by atoms with van der Waals surface area (Å²) in [4.78, 5) is 10.5. The van der Waals surface area contributed by atoms with Crippen LogP contribution in [0.1, 0.15) is 6.42 Å². The zero-order valence-electron chi connectivity index (χ0n) is 6.43. The topological polar surface area (TPSA) is 97.5 Å². The third-order valence-electron chi connectivity index (χ3n) is 2.03. The molecule has 0 aliphatic carbocycles. The highest BCUT2D eigenvalue weighted by Crippen LogP contribution is 2.17. The maximum atomic E-state index is 11.0. The van der Waals surface area contributed by atoms with E-state index in [1.807, 2.05) is 0 Å². The maximum Gasteiger partial charge on any atom is 0.309 e. The molecule has 1 fully saturated rings. The van der Waals surface area contributed by atoms with Crippen molar-refractivity contribution in [1.29, 1.82) is 0 Å². The first-order valence-corrected chi connectivity index (χ1v) is 5.43. The predicted octanol–water partition coefficient (Wildman–Crippen LogP) is -1.17. The Morgan fingerprint density at radius 2 is 2.08 bits per heavy atom. The molecule has 0 saturated carbocycles. The van der Waals surface area contributed by atoms with Gasteiger partial charge in [-0.3, -0.25) is 4.79 Å². The quantitative estimate of drug-likeness (QED) is 0.547. The zero-order chi connectivity index (χ0) is 9.35. The summed E-state index contributed by atoms with van der Waals surface area (Å²) in [5.41, 5.74) is 5.46. The van der Waals surface area contributed by atoms with Crippen molar-refractivity contribution in [3.05, 3.63) is 0 Å². The van der Waals surface area contributed by atoms with Crippen LogP contribution in [0, 0.1) is 5.92 Å². The first-order chi connectivity index (χ1) is 5.42. The second-order valence-electron chi connectivity index (χ2n) is 3.01. The number of carbonyl (C=O) groups is 1. The fourth-order valence-corrected chi connectivity index (χ4v) is 2.99. The Balaban J connectivity index is 2.79.